The molecular weight excluding hydrogens is 266 g/mol. The lowest BCUT2D eigenvalue weighted by Crippen LogP contribution is -2.27. The van der Waals surface area contributed by atoms with Gasteiger partial charge in [-0.1, -0.05) is 6.92 Å². The average molecular weight is 282 g/mol. The molecule has 1 unspecified atom stereocenters. The summed E-state index contributed by atoms with van der Waals surface area (Å²) >= 11 is 5.76. The molecule has 2 aromatic rings. The number of alkyl halides is 1. The molecule has 1 N–H and O–H groups in total. The molecule has 2 rings (SSSR count). The van der Waals surface area contributed by atoms with Gasteiger partial charge >= 0.3 is 0 Å². The predicted molar refractivity (Wildman–Crippen MR) is 72.2 cm³/mol. The molecule has 1 atom stereocenters. The molecule has 0 aliphatic heterocycles. The molecule has 0 aromatic carbocycles. The first-order valence-electron chi connectivity index (χ1n) is 6.15. The summed E-state index contributed by atoms with van der Waals surface area (Å²) < 4.78 is 10.7. The monoisotopic (exact) mass is 281 g/mol. The summed E-state index contributed by atoms with van der Waals surface area (Å²) in [6, 6.07) is 5.15. The summed E-state index contributed by atoms with van der Waals surface area (Å²) in [6.45, 7) is 3.77. The number of aryl methyl sites for hydroxylation is 1. The van der Waals surface area contributed by atoms with Crippen LogP contribution in [0.2, 0.25) is 0 Å². The fourth-order valence-electron chi connectivity index (χ4n) is 1.86. The fourth-order valence-corrected chi connectivity index (χ4v) is 2.12. The van der Waals surface area contributed by atoms with E-state index in [1.165, 1.54) is 0 Å². The molecule has 0 fully saturated rings. The van der Waals surface area contributed by atoms with Crippen LogP contribution >= 0.6 is 11.6 Å². The molecule has 1 amide bonds. The molecule has 2 heterocycles. The third-order valence-electron chi connectivity index (χ3n) is 2.99. The van der Waals surface area contributed by atoms with Gasteiger partial charge in [-0.15, -0.1) is 11.6 Å². The second kappa shape index (κ2) is 5.97. The molecule has 19 heavy (non-hydrogen) atoms. The lowest BCUT2D eigenvalue weighted by Gasteiger charge is -2.13. The third kappa shape index (κ3) is 3.01. The molecule has 2 aromatic heterocycles. The van der Waals surface area contributed by atoms with Gasteiger partial charge in [-0.3, -0.25) is 4.79 Å². The number of amides is 1. The predicted octanol–water partition coefficient (Wildman–Crippen LogP) is 3.80. The molecule has 0 aliphatic carbocycles. The highest BCUT2D eigenvalue weighted by atomic mass is 35.5. The Labute approximate surface area is 116 Å². The summed E-state index contributed by atoms with van der Waals surface area (Å²) in [5, 5.41) is 2.88. The molecule has 0 spiro atoms. The number of hydrogen-bond donors (Lipinski definition) is 1. The van der Waals surface area contributed by atoms with Crippen LogP contribution in [0, 0.1) is 6.92 Å². The first kappa shape index (κ1) is 13.7. The van der Waals surface area contributed by atoms with E-state index < -0.39 is 0 Å². The van der Waals surface area contributed by atoms with E-state index in [2.05, 4.69) is 5.32 Å². The Kier molecular flexibility index (Phi) is 4.32. The molecule has 4 nitrogen and oxygen atoms in total. The summed E-state index contributed by atoms with van der Waals surface area (Å²) in [5.41, 5.74) is 0.831. The minimum atomic E-state index is -0.261. The zero-order valence-electron chi connectivity index (χ0n) is 10.9. The number of halogens is 1. The Morgan fingerprint density at radius 2 is 2.32 bits per heavy atom. The van der Waals surface area contributed by atoms with Crippen LogP contribution in [0.4, 0.5) is 0 Å². The number of carbonyl (C=O) groups is 1. The Hall–Kier alpha value is -1.68. The van der Waals surface area contributed by atoms with Crippen molar-refractivity contribution in [3.8, 4) is 0 Å². The van der Waals surface area contributed by atoms with Gasteiger partial charge in [0.1, 0.15) is 11.5 Å². The molecule has 0 bridgehead atoms. The van der Waals surface area contributed by atoms with Crippen LogP contribution in [0.3, 0.4) is 0 Å². The lowest BCUT2D eigenvalue weighted by atomic mass is 10.1. The van der Waals surface area contributed by atoms with E-state index in [1.807, 2.05) is 13.0 Å². The van der Waals surface area contributed by atoms with Crippen LogP contribution in [-0.4, -0.2) is 5.91 Å². The van der Waals surface area contributed by atoms with Crippen LogP contribution in [0.25, 0.3) is 0 Å². The lowest BCUT2D eigenvalue weighted by molar-refractivity contribution is 0.0901. The van der Waals surface area contributed by atoms with Crippen LogP contribution in [0.15, 0.2) is 33.3 Å². The molecule has 5 heteroatoms. The highest BCUT2D eigenvalue weighted by Crippen LogP contribution is 2.20. The fraction of sp³-hybridized carbons (Fsp3) is 0.357. The van der Waals surface area contributed by atoms with Crippen LogP contribution in [0.1, 0.15) is 47.0 Å². The maximum Gasteiger partial charge on any atom is 0.287 e. The number of nitrogens with one attached hydrogen (secondary N) is 1. The van der Waals surface area contributed by atoms with Crippen LogP contribution in [0.5, 0.6) is 0 Å². The smallest absolute Gasteiger partial charge is 0.287 e. The molecule has 0 saturated heterocycles. The highest BCUT2D eigenvalue weighted by molar-refractivity contribution is 6.17. The van der Waals surface area contributed by atoms with Gasteiger partial charge in [-0.2, -0.15) is 0 Å². The van der Waals surface area contributed by atoms with Gasteiger partial charge in [0.25, 0.3) is 5.91 Å². The van der Waals surface area contributed by atoms with Gasteiger partial charge < -0.3 is 14.2 Å². The number of carbonyl (C=O) groups excluding carboxylic acids is 1. The summed E-state index contributed by atoms with van der Waals surface area (Å²) in [5.74, 6) is 1.75. The SMILES string of the molecule is CCC(NC(=O)c1cc(CCl)c(C)o1)c1ccco1. The molecule has 0 saturated carbocycles. The maximum atomic E-state index is 12.1. The standard InChI is InChI=1S/C14H16ClNO3/c1-3-11(12-5-4-6-18-12)16-14(17)13-7-10(8-15)9(2)19-13/h4-7,11H,3,8H2,1-2H3,(H,16,17). The third-order valence-corrected chi connectivity index (χ3v) is 3.28. The minimum Gasteiger partial charge on any atom is -0.467 e. The van der Waals surface area contributed by atoms with Crippen molar-refractivity contribution < 1.29 is 13.6 Å². The van der Waals surface area contributed by atoms with E-state index >= 15 is 0 Å². The van der Waals surface area contributed by atoms with Crippen LogP contribution < -0.4 is 5.32 Å². The molecule has 0 radical (unpaired) electrons. The normalized spacial score (nSPS) is 12.4. The second-order valence-electron chi connectivity index (χ2n) is 4.28. The van der Waals surface area contributed by atoms with Crippen molar-refractivity contribution in [2.45, 2.75) is 32.2 Å². The van der Waals surface area contributed by atoms with E-state index in [0.29, 0.717) is 11.6 Å². The van der Waals surface area contributed by atoms with E-state index in [4.69, 9.17) is 20.4 Å². The summed E-state index contributed by atoms with van der Waals surface area (Å²) in [6.07, 6.45) is 2.33. The average Bonchev–Trinajstić information content (AvgIpc) is 3.04. The van der Waals surface area contributed by atoms with E-state index in [-0.39, 0.29) is 17.7 Å². The minimum absolute atomic E-state index is 0.160. The van der Waals surface area contributed by atoms with E-state index in [1.54, 1.807) is 25.3 Å². The summed E-state index contributed by atoms with van der Waals surface area (Å²) in [4.78, 5) is 12.1. The highest BCUT2D eigenvalue weighted by Gasteiger charge is 2.19. The Bertz CT molecular complexity index is 545. The van der Waals surface area contributed by atoms with Crippen molar-refractivity contribution in [1.82, 2.24) is 5.32 Å². The second-order valence-corrected chi connectivity index (χ2v) is 4.54. The van der Waals surface area contributed by atoms with Gasteiger partial charge in [0.2, 0.25) is 0 Å². The van der Waals surface area contributed by atoms with Gasteiger partial charge in [-0.25, -0.2) is 0 Å². The quantitative estimate of drug-likeness (QED) is 0.848. The van der Waals surface area contributed by atoms with E-state index in [9.17, 15) is 4.79 Å². The van der Waals surface area contributed by atoms with Crippen LogP contribution in [-0.2, 0) is 5.88 Å². The largest absolute Gasteiger partial charge is 0.467 e. The van der Waals surface area contributed by atoms with Crippen molar-refractivity contribution in [2.24, 2.45) is 0 Å². The molecule has 102 valence electrons. The van der Waals surface area contributed by atoms with Gasteiger partial charge in [0.15, 0.2) is 5.76 Å². The molecular formula is C14H16ClNO3. The van der Waals surface area contributed by atoms with Crippen molar-refractivity contribution >= 4 is 17.5 Å². The van der Waals surface area contributed by atoms with Crippen molar-refractivity contribution in [3.05, 3.63) is 47.3 Å². The van der Waals surface area contributed by atoms with Crippen molar-refractivity contribution in [3.63, 3.8) is 0 Å². The first-order chi connectivity index (χ1) is 9.15. The topological polar surface area (TPSA) is 55.4 Å². The zero-order chi connectivity index (χ0) is 13.8. The van der Waals surface area contributed by atoms with Crippen molar-refractivity contribution in [2.75, 3.05) is 0 Å². The number of furan rings is 2. The Balaban J connectivity index is 2.11. The van der Waals surface area contributed by atoms with Gasteiger partial charge in [-0.05, 0) is 31.5 Å². The Morgan fingerprint density at radius 3 is 2.84 bits per heavy atom. The first-order valence-corrected chi connectivity index (χ1v) is 6.68. The Morgan fingerprint density at radius 1 is 1.53 bits per heavy atom. The molecule has 0 aliphatic rings. The zero-order valence-corrected chi connectivity index (χ0v) is 11.7. The number of hydrogen-bond acceptors (Lipinski definition) is 3. The maximum absolute atomic E-state index is 12.1. The number of rotatable bonds is 5. The summed E-state index contributed by atoms with van der Waals surface area (Å²) in [7, 11) is 0. The van der Waals surface area contributed by atoms with Crippen molar-refractivity contribution in [1.29, 1.82) is 0 Å². The van der Waals surface area contributed by atoms with E-state index in [0.717, 1.165) is 17.7 Å². The van der Waals surface area contributed by atoms with Gasteiger partial charge in [0.05, 0.1) is 18.2 Å². The van der Waals surface area contributed by atoms with Gasteiger partial charge in [0, 0.05) is 5.56 Å².